The molecule has 2 atom stereocenters. The van der Waals surface area contributed by atoms with Crippen molar-refractivity contribution >= 4 is 11.6 Å². The Morgan fingerprint density at radius 2 is 2.17 bits per heavy atom. The van der Waals surface area contributed by atoms with Gasteiger partial charge < -0.3 is 20.7 Å². The normalized spacial score (nSPS) is 22.0. The van der Waals surface area contributed by atoms with Crippen LogP contribution in [-0.4, -0.2) is 19.6 Å². The third kappa shape index (κ3) is 2.14. The molecule has 5 nitrogen and oxygen atoms in total. The minimum atomic E-state index is -0.426. The first-order valence-electron chi connectivity index (χ1n) is 7.89. The number of hydrogen-bond donors (Lipinski definition) is 2. The fourth-order valence-electron chi connectivity index (χ4n) is 3.56. The number of carbonyl (C=O) groups excluding carboxylic acids is 1. The first-order valence-corrected chi connectivity index (χ1v) is 7.89. The van der Waals surface area contributed by atoms with Crippen LogP contribution in [0.25, 0.3) is 0 Å². The van der Waals surface area contributed by atoms with Crippen molar-refractivity contribution in [2.24, 2.45) is 5.73 Å². The monoisotopic (exact) mass is 327 g/mol. The van der Waals surface area contributed by atoms with Gasteiger partial charge in [0, 0.05) is 12.6 Å². The second-order valence-electron chi connectivity index (χ2n) is 6.10. The van der Waals surface area contributed by atoms with Crippen LogP contribution >= 0.6 is 0 Å². The van der Waals surface area contributed by atoms with Crippen molar-refractivity contribution in [3.63, 3.8) is 0 Å². The molecule has 4 rings (SSSR count). The van der Waals surface area contributed by atoms with Crippen molar-refractivity contribution < 1.29 is 13.9 Å². The molecule has 2 heterocycles. The summed E-state index contributed by atoms with van der Waals surface area (Å²) in [6.07, 6.45) is 0.425. The first kappa shape index (κ1) is 15.0. The molecule has 0 aromatic heterocycles. The van der Waals surface area contributed by atoms with Gasteiger partial charge in [-0.15, -0.1) is 0 Å². The Hall–Kier alpha value is -2.60. The molecule has 24 heavy (non-hydrogen) atoms. The fraction of sp³-hybridized carbons (Fsp3) is 0.278. The quantitative estimate of drug-likeness (QED) is 0.889. The van der Waals surface area contributed by atoms with E-state index in [2.05, 4.69) is 10.2 Å². The van der Waals surface area contributed by atoms with Crippen LogP contribution in [0.15, 0.2) is 36.4 Å². The smallest absolute Gasteiger partial charge is 0.255 e. The van der Waals surface area contributed by atoms with E-state index >= 15 is 0 Å². The molecule has 124 valence electrons. The van der Waals surface area contributed by atoms with Crippen LogP contribution in [0.1, 0.15) is 40.1 Å². The summed E-state index contributed by atoms with van der Waals surface area (Å²) < 4.78 is 18.8. The second kappa shape index (κ2) is 5.49. The average Bonchev–Trinajstić information content (AvgIpc) is 2.60. The molecule has 0 aliphatic carbocycles. The van der Waals surface area contributed by atoms with Crippen molar-refractivity contribution in [3.8, 4) is 5.75 Å². The number of carbonyl (C=O) groups is 1. The van der Waals surface area contributed by atoms with Gasteiger partial charge in [-0.2, -0.15) is 0 Å². The van der Waals surface area contributed by atoms with E-state index in [1.807, 2.05) is 12.1 Å². The highest BCUT2D eigenvalue weighted by molar-refractivity contribution is 6.03. The van der Waals surface area contributed by atoms with Gasteiger partial charge >= 0.3 is 0 Å². The van der Waals surface area contributed by atoms with E-state index in [0.717, 1.165) is 29.8 Å². The highest BCUT2D eigenvalue weighted by atomic mass is 19.1. The highest BCUT2D eigenvalue weighted by Crippen LogP contribution is 2.42. The number of nitrogens with zero attached hydrogens (tertiary/aromatic N) is 1. The predicted molar refractivity (Wildman–Crippen MR) is 88.5 cm³/mol. The summed E-state index contributed by atoms with van der Waals surface area (Å²) in [4.78, 5) is 14.7. The van der Waals surface area contributed by atoms with E-state index in [0.29, 0.717) is 5.56 Å². The molecule has 0 saturated carbocycles. The molecule has 2 aromatic rings. The Balaban J connectivity index is 1.84. The second-order valence-corrected chi connectivity index (χ2v) is 6.10. The molecule has 2 aliphatic heterocycles. The van der Waals surface area contributed by atoms with E-state index in [-0.39, 0.29) is 23.9 Å². The lowest BCUT2D eigenvalue weighted by atomic mass is 9.90. The van der Waals surface area contributed by atoms with Crippen LogP contribution < -0.4 is 20.7 Å². The predicted octanol–water partition coefficient (Wildman–Crippen LogP) is 2.49. The molecule has 0 fully saturated rings. The Kier molecular flexibility index (Phi) is 3.42. The molecular weight excluding hydrogens is 309 g/mol. The number of rotatable bonds is 2. The fourth-order valence-corrected chi connectivity index (χ4v) is 3.56. The largest absolute Gasteiger partial charge is 0.494 e. The van der Waals surface area contributed by atoms with Gasteiger partial charge in [-0.05, 0) is 35.7 Å². The van der Waals surface area contributed by atoms with E-state index in [1.165, 1.54) is 13.2 Å². The average molecular weight is 327 g/mol. The summed E-state index contributed by atoms with van der Waals surface area (Å²) in [5.41, 5.74) is 9.49. The van der Waals surface area contributed by atoms with Gasteiger partial charge in [-0.25, -0.2) is 4.39 Å². The third-order valence-electron chi connectivity index (χ3n) is 4.75. The maximum absolute atomic E-state index is 13.7. The molecule has 0 spiro atoms. The van der Waals surface area contributed by atoms with Crippen molar-refractivity contribution in [1.29, 1.82) is 0 Å². The molecule has 0 unspecified atom stereocenters. The first-order chi connectivity index (χ1) is 11.6. The topological polar surface area (TPSA) is 67.6 Å². The van der Waals surface area contributed by atoms with Gasteiger partial charge in [-0.3, -0.25) is 4.79 Å². The zero-order chi connectivity index (χ0) is 16.8. The molecule has 1 amide bonds. The van der Waals surface area contributed by atoms with E-state index < -0.39 is 5.82 Å². The van der Waals surface area contributed by atoms with Crippen LogP contribution in [0.2, 0.25) is 0 Å². The zero-order valence-corrected chi connectivity index (χ0v) is 13.3. The Bertz CT molecular complexity index is 824. The lowest BCUT2D eigenvalue weighted by Crippen LogP contribution is -2.49. The summed E-state index contributed by atoms with van der Waals surface area (Å²) in [5.74, 6) is -0.412. The third-order valence-corrected chi connectivity index (χ3v) is 4.75. The molecular formula is C18H18FN3O2. The molecule has 0 saturated heterocycles. The van der Waals surface area contributed by atoms with Crippen molar-refractivity contribution in [1.82, 2.24) is 5.32 Å². The molecule has 0 bridgehead atoms. The van der Waals surface area contributed by atoms with Crippen LogP contribution in [0.5, 0.6) is 5.75 Å². The maximum atomic E-state index is 13.7. The van der Waals surface area contributed by atoms with E-state index in [1.54, 1.807) is 18.2 Å². The van der Waals surface area contributed by atoms with Gasteiger partial charge in [0.15, 0.2) is 11.6 Å². The van der Waals surface area contributed by atoms with Gasteiger partial charge in [0.05, 0.1) is 18.4 Å². The van der Waals surface area contributed by atoms with Crippen LogP contribution in [-0.2, 0) is 0 Å². The number of benzene rings is 2. The standard InChI is InChI=1S/C18H18FN3O2/c1-24-15-9-10(5-6-13(15)19)17-21-18(23)12-4-2-3-11-14(20)7-8-22(17)16(11)12/h2-6,9,14,17H,7-8,20H2,1H3,(H,21,23)/t14-,17-/m0/s1. The molecule has 0 radical (unpaired) electrons. The number of halogens is 1. The van der Waals surface area contributed by atoms with Crippen molar-refractivity contribution in [2.45, 2.75) is 18.6 Å². The minimum Gasteiger partial charge on any atom is -0.494 e. The van der Waals surface area contributed by atoms with Crippen LogP contribution in [0.4, 0.5) is 10.1 Å². The van der Waals surface area contributed by atoms with Gasteiger partial charge in [0.2, 0.25) is 0 Å². The number of anilines is 1. The number of ether oxygens (including phenoxy) is 1. The van der Waals surface area contributed by atoms with Crippen LogP contribution in [0, 0.1) is 5.82 Å². The number of hydrogen-bond acceptors (Lipinski definition) is 4. The van der Waals surface area contributed by atoms with E-state index in [4.69, 9.17) is 10.5 Å². The molecule has 3 N–H and O–H groups in total. The van der Waals surface area contributed by atoms with Crippen molar-refractivity contribution in [3.05, 3.63) is 58.9 Å². The summed E-state index contributed by atoms with van der Waals surface area (Å²) in [5, 5.41) is 3.00. The van der Waals surface area contributed by atoms with Crippen LogP contribution in [0.3, 0.4) is 0 Å². The summed E-state index contributed by atoms with van der Waals surface area (Å²) >= 11 is 0. The highest BCUT2D eigenvalue weighted by Gasteiger charge is 2.37. The zero-order valence-electron chi connectivity index (χ0n) is 13.3. The molecule has 2 aromatic carbocycles. The van der Waals surface area contributed by atoms with Gasteiger partial charge in [0.25, 0.3) is 5.91 Å². The lowest BCUT2D eigenvalue weighted by Gasteiger charge is -2.44. The maximum Gasteiger partial charge on any atom is 0.255 e. The number of amides is 1. The summed E-state index contributed by atoms with van der Waals surface area (Å²) in [6, 6.07) is 10.2. The number of methoxy groups -OCH3 is 1. The van der Waals surface area contributed by atoms with Gasteiger partial charge in [-0.1, -0.05) is 18.2 Å². The summed E-state index contributed by atoms with van der Waals surface area (Å²) in [7, 11) is 1.43. The Morgan fingerprint density at radius 1 is 1.33 bits per heavy atom. The Labute approximate surface area is 139 Å². The Morgan fingerprint density at radius 3 is 2.96 bits per heavy atom. The SMILES string of the molecule is COc1cc([C@H]2NC(=O)c3cccc4c3N2CC[C@@H]4N)ccc1F. The van der Waals surface area contributed by atoms with Crippen molar-refractivity contribution in [2.75, 3.05) is 18.6 Å². The number of nitrogens with two attached hydrogens (primary N) is 1. The lowest BCUT2D eigenvalue weighted by molar-refractivity contribution is 0.0925. The summed E-state index contributed by atoms with van der Waals surface area (Å²) in [6.45, 7) is 0.718. The van der Waals surface area contributed by atoms with Gasteiger partial charge in [0.1, 0.15) is 6.17 Å². The van der Waals surface area contributed by atoms with E-state index in [9.17, 15) is 9.18 Å². The number of nitrogens with one attached hydrogen (secondary N) is 1. The molecule has 2 aliphatic rings. The minimum absolute atomic E-state index is 0.0782. The number of para-hydroxylation sites is 1. The molecule has 6 heteroatoms.